The van der Waals surface area contributed by atoms with E-state index in [1.807, 2.05) is 24.3 Å². The molecule has 0 aliphatic carbocycles. The number of halogens is 1. The van der Waals surface area contributed by atoms with Crippen LogP contribution in [0.2, 0.25) is 5.02 Å². The second-order valence-electron chi connectivity index (χ2n) is 3.95. The van der Waals surface area contributed by atoms with Crippen LogP contribution in [0.1, 0.15) is 10.4 Å². The minimum Gasteiger partial charge on any atom is -0.304 e. The fraction of sp³-hybridized carbons (Fsp3) is 0. The molecule has 3 aromatic rings. The molecule has 1 heterocycles. The van der Waals surface area contributed by atoms with Gasteiger partial charge in [-0.2, -0.15) is 0 Å². The molecule has 3 rings (SSSR count). The van der Waals surface area contributed by atoms with E-state index in [4.69, 9.17) is 11.6 Å². The van der Waals surface area contributed by atoms with Crippen LogP contribution in [-0.2, 0) is 0 Å². The van der Waals surface area contributed by atoms with E-state index in [0.717, 1.165) is 10.8 Å². The van der Waals surface area contributed by atoms with Crippen molar-refractivity contribution in [3.8, 4) is 0 Å². The Morgan fingerprint density at radius 1 is 1.16 bits per heavy atom. The number of carbonyl (C=O) groups excluding carboxylic acids is 1. The molecule has 0 spiro atoms. The number of aromatic nitrogens is 3. The summed E-state index contributed by atoms with van der Waals surface area (Å²) in [6.07, 6.45) is 1.51. The zero-order valence-electron chi connectivity index (χ0n) is 9.72. The average Bonchev–Trinajstić information content (AvgIpc) is 2.92. The maximum atomic E-state index is 12.2. The Morgan fingerprint density at radius 2 is 1.95 bits per heavy atom. The first-order chi connectivity index (χ1) is 9.25. The fourth-order valence-corrected chi connectivity index (χ4v) is 2.13. The lowest BCUT2D eigenvalue weighted by molar-refractivity contribution is 0.102. The molecule has 1 aromatic heterocycles. The second kappa shape index (κ2) is 4.70. The highest BCUT2D eigenvalue weighted by Crippen LogP contribution is 2.26. The topological polar surface area (TPSA) is 70.7 Å². The summed E-state index contributed by atoms with van der Waals surface area (Å²) >= 11 is 6.12. The van der Waals surface area contributed by atoms with Gasteiger partial charge >= 0.3 is 0 Å². The highest BCUT2D eigenvalue weighted by atomic mass is 35.5. The lowest BCUT2D eigenvalue weighted by Gasteiger charge is -2.07. The van der Waals surface area contributed by atoms with E-state index in [0.29, 0.717) is 16.4 Å². The third-order valence-electron chi connectivity index (χ3n) is 2.77. The number of benzene rings is 2. The number of aromatic amines is 1. The standard InChI is InChI=1S/C13H9ClN4O/c14-11-6-5-10(8-3-1-2-4-9(8)11)13(19)16-12-7-15-18-17-12/h1-7H,(H2,15,16,17,18,19). The first-order valence-corrected chi connectivity index (χ1v) is 5.98. The highest BCUT2D eigenvalue weighted by molar-refractivity contribution is 6.36. The summed E-state index contributed by atoms with van der Waals surface area (Å²) in [6, 6.07) is 10.9. The monoisotopic (exact) mass is 272 g/mol. The van der Waals surface area contributed by atoms with Crippen LogP contribution in [0, 0.1) is 0 Å². The second-order valence-corrected chi connectivity index (χ2v) is 4.36. The first-order valence-electron chi connectivity index (χ1n) is 5.61. The molecule has 5 nitrogen and oxygen atoms in total. The SMILES string of the molecule is O=C(Nc1c[nH]nn1)c1ccc(Cl)c2ccccc12. The van der Waals surface area contributed by atoms with Crippen LogP contribution in [-0.4, -0.2) is 21.3 Å². The third kappa shape index (κ3) is 2.15. The Bertz CT molecular complexity index is 739. The molecule has 6 heteroatoms. The van der Waals surface area contributed by atoms with Gasteiger partial charge in [-0.1, -0.05) is 41.1 Å². The Kier molecular flexibility index (Phi) is 2.89. The van der Waals surface area contributed by atoms with Gasteiger partial charge in [0, 0.05) is 16.0 Å². The molecule has 2 aromatic carbocycles. The zero-order chi connectivity index (χ0) is 13.2. The summed E-state index contributed by atoms with van der Waals surface area (Å²) in [6.45, 7) is 0. The summed E-state index contributed by atoms with van der Waals surface area (Å²) in [5.41, 5.74) is 0.544. The molecule has 0 atom stereocenters. The molecule has 0 unspecified atom stereocenters. The van der Waals surface area contributed by atoms with Crippen LogP contribution in [0.4, 0.5) is 5.82 Å². The predicted octanol–water partition coefficient (Wildman–Crippen LogP) is 2.86. The zero-order valence-corrected chi connectivity index (χ0v) is 10.5. The van der Waals surface area contributed by atoms with Gasteiger partial charge in [0.1, 0.15) is 0 Å². The summed E-state index contributed by atoms with van der Waals surface area (Å²) in [4.78, 5) is 12.2. The van der Waals surface area contributed by atoms with E-state index < -0.39 is 0 Å². The number of H-pyrrole nitrogens is 1. The minimum atomic E-state index is -0.248. The van der Waals surface area contributed by atoms with Crippen molar-refractivity contribution in [1.29, 1.82) is 0 Å². The number of fused-ring (bicyclic) bond motifs is 1. The van der Waals surface area contributed by atoms with Gasteiger partial charge in [-0.15, -0.1) is 5.10 Å². The van der Waals surface area contributed by atoms with Crippen molar-refractivity contribution >= 4 is 34.1 Å². The number of amides is 1. The molecule has 0 aliphatic rings. The Morgan fingerprint density at radius 3 is 2.68 bits per heavy atom. The number of hydrogen-bond acceptors (Lipinski definition) is 3. The molecule has 0 radical (unpaired) electrons. The quantitative estimate of drug-likeness (QED) is 0.753. The van der Waals surface area contributed by atoms with Gasteiger partial charge < -0.3 is 5.32 Å². The molecule has 1 amide bonds. The Hall–Kier alpha value is -2.40. The van der Waals surface area contributed by atoms with E-state index in [1.165, 1.54) is 6.20 Å². The molecular weight excluding hydrogens is 264 g/mol. The van der Waals surface area contributed by atoms with Crippen molar-refractivity contribution in [3.63, 3.8) is 0 Å². The van der Waals surface area contributed by atoms with E-state index in [2.05, 4.69) is 20.7 Å². The van der Waals surface area contributed by atoms with Crippen LogP contribution >= 0.6 is 11.6 Å². The molecule has 94 valence electrons. The van der Waals surface area contributed by atoms with Gasteiger partial charge in [-0.3, -0.25) is 9.89 Å². The molecule has 0 saturated heterocycles. The number of nitrogens with one attached hydrogen (secondary N) is 2. The van der Waals surface area contributed by atoms with Gasteiger partial charge in [-0.05, 0) is 17.5 Å². The average molecular weight is 273 g/mol. The lowest BCUT2D eigenvalue weighted by Crippen LogP contribution is -2.12. The maximum absolute atomic E-state index is 12.2. The summed E-state index contributed by atoms with van der Waals surface area (Å²) < 4.78 is 0. The van der Waals surface area contributed by atoms with E-state index in [9.17, 15) is 4.79 Å². The summed E-state index contributed by atoms with van der Waals surface area (Å²) in [5.74, 6) is 0.130. The number of carbonyl (C=O) groups is 1. The van der Waals surface area contributed by atoms with Crippen LogP contribution in [0.15, 0.2) is 42.6 Å². The van der Waals surface area contributed by atoms with Crippen LogP contribution in [0.25, 0.3) is 10.8 Å². The number of anilines is 1. The molecular formula is C13H9ClN4O. The van der Waals surface area contributed by atoms with Crippen molar-refractivity contribution < 1.29 is 4.79 Å². The normalized spacial score (nSPS) is 10.6. The van der Waals surface area contributed by atoms with Gasteiger partial charge in [0.05, 0.1) is 6.20 Å². The maximum Gasteiger partial charge on any atom is 0.257 e. The molecule has 2 N–H and O–H groups in total. The Labute approximate surface area is 113 Å². The van der Waals surface area contributed by atoms with Gasteiger partial charge in [-0.25, -0.2) is 0 Å². The van der Waals surface area contributed by atoms with Crippen LogP contribution < -0.4 is 5.32 Å². The highest BCUT2D eigenvalue weighted by Gasteiger charge is 2.12. The summed E-state index contributed by atoms with van der Waals surface area (Å²) in [5, 5.41) is 14.7. The largest absolute Gasteiger partial charge is 0.304 e. The number of rotatable bonds is 2. The van der Waals surface area contributed by atoms with Crippen molar-refractivity contribution in [3.05, 3.63) is 53.2 Å². The molecule has 0 bridgehead atoms. The van der Waals surface area contributed by atoms with Gasteiger partial charge in [0.2, 0.25) is 0 Å². The van der Waals surface area contributed by atoms with Crippen molar-refractivity contribution in [2.45, 2.75) is 0 Å². The molecule has 0 aliphatic heterocycles. The molecule has 0 saturated carbocycles. The summed E-state index contributed by atoms with van der Waals surface area (Å²) in [7, 11) is 0. The van der Waals surface area contributed by atoms with Crippen molar-refractivity contribution in [1.82, 2.24) is 15.4 Å². The van der Waals surface area contributed by atoms with E-state index in [-0.39, 0.29) is 5.91 Å². The van der Waals surface area contributed by atoms with Crippen LogP contribution in [0.3, 0.4) is 0 Å². The number of nitrogens with zero attached hydrogens (tertiary/aromatic N) is 2. The minimum absolute atomic E-state index is 0.248. The van der Waals surface area contributed by atoms with E-state index in [1.54, 1.807) is 12.1 Å². The van der Waals surface area contributed by atoms with Crippen LogP contribution in [0.5, 0.6) is 0 Å². The van der Waals surface area contributed by atoms with E-state index >= 15 is 0 Å². The number of hydrogen-bond donors (Lipinski definition) is 2. The predicted molar refractivity (Wildman–Crippen MR) is 73.3 cm³/mol. The lowest BCUT2D eigenvalue weighted by atomic mass is 10.0. The molecule has 0 fully saturated rings. The van der Waals surface area contributed by atoms with Crippen molar-refractivity contribution in [2.75, 3.05) is 5.32 Å². The fourth-order valence-electron chi connectivity index (χ4n) is 1.91. The smallest absolute Gasteiger partial charge is 0.257 e. The van der Waals surface area contributed by atoms with Gasteiger partial charge in [0.25, 0.3) is 5.91 Å². The van der Waals surface area contributed by atoms with Gasteiger partial charge in [0.15, 0.2) is 5.82 Å². The third-order valence-corrected chi connectivity index (χ3v) is 3.10. The molecule has 19 heavy (non-hydrogen) atoms. The Balaban J connectivity index is 2.05. The van der Waals surface area contributed by atoms with Crippen molar-refractivity contribution in [2.24, 2.45) is 0 Å². The first kappa shape index (κ1) is 11.7.